The molecule has 9 heteroatoms. The normalized spacial score (nSPS) is 15.5. The Morgan fingerprint density at radius 3 is 2.57 bits per heavy atom. The molecule has 4 nitrogen and oxygen atoms in total. The summed E-state index contributed by atoms with van der Waals surface area (Å²) in [5.41, 5.74) is 2.17. The molecule has 0 saturated heterocycles. The lowest BCUT2D eigenvalue weighted by Gasteiger charge is -2.28. The van der Waals surface area contributed by atoms with E-state index < -0.39 is 18.3 Å². The molecular weight excluding hydrogens is 422 g/mol. The molecule has 0 unspecified atom stereocenters. The molecule has 0 radical (unpaired) electrons. The Labute approximate surface area is 176 Å². The van der Waals surface area contributed by atoms with Crippen molar-refractivity contribution in [3.63, 3.8) is 0 Å². The zero-order valence-corrected chi connectivity index (χ0v) is 16.9. The average molecular weight is 440 g/mol. The molecule has 0 atom stereocenters. The van der Waals surface area contributed by atoms with Gasteiger partial charge in [0.15, 0.2) is 5.83 Å². The van der Waals surface area contributed by atoms with Gasteiger partial charge >= 0.3 is 6.61 Å². The lowest BCUT2D eigenvalue weighted by molar-refractivity contribution is -0.0503. The third kappa shape index (κ3) is 4.94. The van der Waals surface area contributed by atoms with Gasteiger partial charge in [0.2, 0.25) is 5.96 Å². The first-order valence-electron chi connectivity index (χ1n) is 8.83. The molecule has 0 bridgehead atoms. The van der Waals surface area contributed by atoms with Gasteiger partial charge in [0, 0.05) is 6.20 Å². The number of nitrogens with one attached hydrogen (secondary N) is 1. The van der Waals surface area contributed by atoms with Crippen molar-refractivity contribution < 1.29 is 22.3 Å². The summed E-state index contributed by atoms with van der Waals surface area (Å²) >= 11 is 5.83. The van der Waals surface area contributed by atoms with Gasteiger partial charge in [-0.25, -0.2) is 13.8 Å². The molecule has 0 fully saturated rings. The van der Waals surface area contributed by atoms with Crippen LogP contribution in [0.1, 0.15) is 16.7 Å². The van der Waals surface area contributed by atoms with Crippen LogP contribution in [0.2, 0.25) is 5.02 Å². The largest absolute Gasteiger partial charge is 0.435 e. The summed E-state index contributed by atoms with van der Waals surface area (Å²) in [4.78, 5) is 5.99. The molecule has 1 heterocycles. The van der Waals surface area contributed by atoms with Crippen LogP contribution in [0.5, 0.6) is 5.75 Å². The number of aliphatic imine (C=N–C) groups is 1. The van der Waals surface area contributed by atoms with E-state index in [1.807, 2.05) is 0 Å². The van der Waals surface area contributed by atoms with E-state index in [9.17, 15) is 17.6 Å². The van der Waals surface area contributed by atoms with Crippen molar-refractivity contribution in [1.29, 1.82) is 0 Å². The molecule has 0 aliphatic carbocycles. The van der Waals surface area contributed by atoms with Crippen LogP contribution in [-0.4, -0.2) is 17.5 Å². The maximum atomic E-state index is 14.1. The van der Waals surface area contributed by atoms with Crippen LogP contribution in [0, 0.1) is 19.7 Å². The van der Waals surface area contributed by atoms with Crippen LogP contribution in [0.3, 0.4) is 0 Å². The van der Waals surface area contributed by atoms with E-state index in [2.05, 4.69) is 21.6 Å². The highest BCUT2D eigenvalue weighted by Gasteiger charge is 2.21. The number of rotatable bonds is 5. The number of benzene rings is 2. The average Bonchev–Trinajstić information content (AvgIpc) is 2.66. The number of guanidine groups is 1. The summed E-state index contributed by atoms with van der Waals surface area (Å²) in [5, 5.41) is 2.73. The number of allylic oxidation sites excluding steroid dienone is 1. The van der Waals surface area contributed by atoms with Crippen LogP contribution in [-0.2, 0) is 6.54 Å². The van der Waals surface area contributed by atoms with Crippen LogP contribution in [0.4, 0.5) is 23.2 Å². The molecule has 2 aromatic carbocycles. The van der Waals surface area contributed by atoms with E-state index >= 15 is 0 Å². The van der Waals surface area contributed by atoms with Gasteiger partial charge in [0.05, 0.1) is 23.0 Å². The fourth-order valence-corrected chi connectivity index (χ4v) is 3.02. The maximum absolute atomic E-state index is 14.1. The zero-order valence-electron chi connectivity index (χ0n) is 16.1. The van der Waals surface area contributed by atoms with Crippen molar-refractivity contribution in [3.05, 3.63) is 82.2 Å². The number of aryl methyl sites for hydroxylation is 2. The molecule has 1 aliphatic rings. The van der Waals surface area contributed by atoms with E-state index in [0.717, 1.165) is 0 Å². The quantitative estimate of drug-likeness (QED) is 0.571. The smallest absolute Gasteiger partial charge is 0.387 e. The van der Waals surface area contributed by atoms with Crippen LogP contribution < -0.4 is 10.1 Å². The van der Waals surface area contributed by atoms with Gasteiger partial charge in [-0.15, -0.1) is 0 Å². The maximum Gasteiger partial charge on any atom is 0.387 e. The molecule has 30 heavy (non-hydrogen) atoms. The van der Waals surface area contributed by atoms with Crippen molar-refractivity contribution in [2.45, 2.75) is 27.0 Å². The highest BCUT2D eigenvalue weighted by atomic mass is 35.5. The predicted octanol–water partition coefficient (Wildman–Crippen LogP) is 6.11. The first-order valence-corrected chi connectivity index (χ1v) is 9.20. The van der Waals surface area contributed by atoms with Crippen LogP contribution >= 0.6 is 11.6 Å². The Balaban J connectivity index is 1.97. The molecule has 1 aliphatic heterocycles. The number of hydrogen-bond acceptors (Lipinski definition) is 2. The van der Waals surface area contributed by atoms with Crippen molar-refractivity contribution in [2.24, 2.45) is 4.99 Å². The minimum atomic E-state index is -2.94. The summed E-state index contributed by atoms with van der Waals surface area (Å²) in [7, 11) is 0. The molecule has 1 N–H and O–H groups in total. The van der Waals surface area contributed by atoms with Gasteiger partial charge < -0.3 is 15.0 Å². The second-order valence-electron chi connectivity index (χ2n) is 6.68. The lowest BCUT2D eigenvalue weighted by atomic mass is 10.1. The Kier molecular flexibility index (Phi) is 6.36. The van der Waals surface area contributed by atoms with Crippen LogP contribution in [0.25, 0.3) is 0 Å². The van der Waals surface area contributed by atoms with E-state index in [1.165, 1.54) is 35.4 Å². The molecule has 0 spiro atoms. The minimum absolute atomic E-state index is 0.0224. The highest BCUT2D eigenvalue weighted by Crippen LogP contribution is 2.30. The molecular formula is C21H18ClF4N3O. The summed E-state index contributed by atoms with van der Waals surface area (Å²) in [5.74, 6) is -0.836. The highest BCUT2D eigenvalue weighted by molar-refractivity contribution is 6.30. The minimum Gasteiger partial charge on any atom is -0.435 e. The summed E-state index contributed by atoms with van der Waals surface area (Å²) in [6, 6.07) is 7.24. The van der Waals surface area contributed by atoms with Crippen LogP contribution in [0.15, 0.2) is 59.6 Å². The van der Waals surface area contributed by atoms with Gasteiger partial charge in [-0.05, 0) is 54.8 Å². The Morgan fingerprint density at radius 2 is 1.90 bits per heavy atom. The van der Waals surface area contributed by atoms with E-state index in [0.29, 0.717) is 22.4 Å². The summed E-state index contributed by atoms with van der Waals surface area (Å²) < 4.78 is 57.1. The monoisotopic (exact) mass is 439 g/mol. The summed E-state index contributed by atoms with van der Waals surface area (Å²) in [6.07, 6.45) is 1.21. The molecule has 3 rings (SSSR count). The van der Waals surface area contributed by atoms with E-state index in [4.69, 9.17) is 11.6 Å². The van der Waals surface area contributed by atoms with Crippen molar-refractivity contribution in [1.82, 2.24) is 10.2 Å². The van der Waals surface area contributed by atoms with Gasteiger partial charge in [-0.2, -0.15) is 8.78 Å². The topological polar surface area (TPSA) is 36.9 Å². The third-order valence-electron chi connectivity index (χ3n) is 4.37. The molecule has 158 valence electrons. The van der Waals surface area contributed by atoms with E-state index in [-0.39, 0.29) is 29.0 Å². The predicted molar refractivity (Wildman–Crippen MR) is 108 cm³/mol. The van der Waals surface area contributed by atoms with E-state index in [1.54, 1.807) is 19.9 Å². The first-order chi connectivity index (χ1) is 14.1. The molecule has 0 aromatic heterocycles. The fraction of sp³-hybridized carbons (Fsp3) is 0.190. The number of nitrogens with zero attached hydrogens (tertiary/aromatic N) is 2. The Morgan fingerprint density at radius 1 is 1.17 bits per heavy atom. The molecule has 2 aromatic rings. The third-order valence-corrected chi connectivity index (χ3v) is 4.65. The Bertz CT molecular complexity index is 1050. The van der Waals surface area contributed by atoms with Gasteiger partial charge in [-0.1, -0.05) is 24.2 Å². The number of halogens is 5. The molecule has 0 amide bonds. The lowest BCUT2D eigenvalue weighted by Crippen LogP contribution is -2.40. The number of hydrogen-bond donors (Lipinski definition) is 1. The van der Waals surface area contributed by atoms with Crippen molar-refractivity contribution in [2.75, 3.05) is 0 Å². The molecule has 0 saturated carbocycles. The summed E-state index contributed by atoms with van der Waals surface area (Å²) in [6.45, 7) is 4.13. The van der Waals surface area contributed by atoms with Crippen molar-refractivity contribution in [3.8, 4) is 5.75 Å². The van der Waals surface area contributed by atoms with Crippen molar-refractivity contribution >= 4 is 23.2 Å². The number of alkyl halides is 2. The number of ether oxygens (including phenoxy) is 1. The van der Waals surface area contributed by atoms with Gasteiger partial charge in [-0.3, -0.25) is 0 Å². The first kappa shape index (κ1) is 21.7. The standard InChI is InChI=1S/C21H18ClF4N3O/c1-11-7-19(30-20(25)26)12(2)6-18(11)28-21-27-13(3)17(24)10-29(21)9-14-4-5-16(23)15(22)8-14/h4-8,10,20H,3,9H2,1-2H3,(H,27,28). The zero-order chi connectivity index (χ0) is 22.0. The fourth-order valence-electron chi connectivity index (χ4n) is 2.82. The second kappa shape index (κ2) is 8.79. The second-order valence-corrected chi connectivity index (χ2v) is 7.08. The Hall–Kier alpha value is -3.00. The van der Waals surface area contributed by atoms with Gasteiger partial charge in [0.25, 0.3) is 0 Å². The SMILES string of the molecule is C=C1NC(=Nc2cc(C)c(OC(F)F)cc2C)N(Cc2ccc(F)c(Cl)c2)C=C1F. The van der Waals surface area contributed by atoms with Gasteiger partial charge in [0.1, 0.15) is 11.6 Å².